The fourth-order valence-electron chi connectivity index (χ4n) is 2.10. The van der Waals surface area contributed by atoms with Gasteiger partial charge in [0.2, 0.25) is 0 Å². The first-order valence-electron chi connectivity index (χ1n) is 6.80. The van der Waals surface area contributed by atoms with Crippen LogP contribution in [0.4, 0.5) is 5.69 Å². The van der Waals surface area contributed by atoms with Crippen LogP contribution in [0.15, 0.2) is 24.3 Å². The first-order chi connectivity index (χ1) is 9.90. The lowest BCUT2D eigenvalue weighted by Crippen LogP contribution is -2.27. The Morgan fingerprint density at radius 3 is 2.67 bits per heavy atom. The lowest BCUT2D eigenvalue weighted by Gasteiger charge is -2.14. The van der Waals surface area contributed by atoms with E-state index in [0.717, 1.165) is 11.3 Å². The summed E-state index contributed by atoms with van der Waals surface area (Å²) in [6, 6.07) is 7.18. The van der Waals surface area contributed by atoms with Gasteiger partial charge in [-0.25, -0.2) is 0 Å². The Kier molecular flexibility index (Phi) is 4.53. The normalized spacial score (nSPS) is 12.4. The molecule has 112 valence electrons. The second-order valence-electron chi connectivity index (χ2n) is 5.30. The minimum Gasteiger partial charge on any atom is -0.395 e. The van der Waals surface area contributed by atoms with Gasteiger partial charge in [-0.2, -0.15) is 5.10 Å². The zero-order chi connectivity index (χ0) is 15.6. The molecular formula is C15H19ClN4O. The molecule has 1 atom stereocenters. The smallest absolute Gasteiger partial charge is 0.274 e. The highest BCUT2D eigenvalue weighted by molar-refractivity contribution is 6.30. The van der Waals surface area contributed by atoms with Crippen molar-refractivity contribution in [2.45, 2.75) is 32.7 Å². The van der Waals surface area contributed by atoms with Crippen LogP contribution in [-0.2, 0) is 0 Å². The first-order valence-corrected chi connectivity index (χ1v) is 7.18. The highest BCUT2D eigenvalue weighted by Crippen LogP contribution is 2.23. The van der Waals surface area contributed by atoms with E-state index in [9.17, 15) is 4.79 Å². The minimum atomic E-state index is -0.303. The molecule has 1 amide bonds. The second kappa shape index (κ2) is 6.18. The van der Waals surface area contributed by atoms with Crippen LogP contribution < -0.4 is 11.1 Å². The molecule has 0 saturated carbocycles. The molecule has 4 N–H and O–H groups in total. The number of nitrogens with two attached hydrogens (primary N) is 1. The van der Waals surface area contributed by atoms with E-state index in [2.05, 4.69) is 15.5 Å². The molecule has 1 unspecified atom stereocenters. The summed E-state index contributed by atoms with van der Waals surface area (Å²) < 4.78 is 0. The molecular weight excluding hydrogens is 288 g/mol. The average molecular weight is 307 g/mol. The molecule has 2 rings (SSSR count). The highest BCUT2D eigenvalue weighted by atomic mass is 35.5. The lowest BCUT2D eigenvalue weighted by molar-refractivity contribution is 0.0935. The lowest BCUT2D eigenvalue weighted by atomic mass is 10.1. The third kappa shape index (κ3) is 3.36. The average Bonchev–Trinajstić information content (AvgIpc) is 2.80. The number of aromatic amines is 1. The number of hydrogen-bond acceptors (Lipinski definition) is 3. The Morgan fingerprint density at radius 2 is 2.10 bits per heavy atom. The Labute approximate surface area is 128 Å². The number of nitrogen functional groups attached to an aromatic ring is 1. The molecule has 5 nitrogen and oxygen atoms in total. The van der Waals surface area contributed by atoms with Crippen LogP contribution in [0.25, 0.3) is 0 Å². The van der Waals surface area contributed by atoms with Gasteiger partial charge in [-0.3, -0.25) is 9.89 Å². The summed E-state index contributed by atoms with van der Waals surface area (Å²) in [5, 5.41) is 10.3. The van der Waals surface area contributed by atoms with E-state index < -0.39 is 0 Å². The maximum Gasteiger partial charge on any atom is 0.274 e. The number of nitrogens with zero attached hydrogens (tertiary/aromatic N) is 1. The number of carbonyl (C=O) groups excluding carboxylic acids is 1. The van der Waals surface area contributed by atoms with Crippen molar-refractivity contribution in [1.82, 2.24) is 15.5 Å². The molecule has 0 spiro atoms. The zero-order valence-electron chi connectivity index (χ0n) is 12.3. The largest absolute Gasteiger partial charge is 0.395 e. The maximum atomic E-state index is 12.3. The van der Waals surface area contributed by atoms with Crippen LogP contribution >= 0.6 is 11.6 Å². The van der Waals surface area contributed by atoms with Gasteiger partial charge < -0.3 is 11.1 Å². The fourth-order valence-corrected chi connectivity index (χ4v) is 2.30. The third-order valence-electron chi connectivity index (χ3n) is 3.32. The van der Waals surface area contributed by atoms with Crippen molar-refractivity contribution in [1.29, 1.82) is 0 Å². The first kappa shape index (κ1) is 15.4. The monoisotopic (exact) mass is 306 g/mol. The molecule has 0 bridgehead atoms. The molecule has 1 heterocycles. The van der Waals surface area contributed by atoms with Crippen molar-refractivity contribution in [2.75, 3.05) is 5.73 Å². The van der Waals surface area contributed by atoms with Crippen molar-refractivity contribution in [3.63, 3.8) is 0 Å². The van der Waals surface area contributed by atoms with Gasteiger partial charge in [0.25, 0.3) is 5.91 Å². The van der Waals surface area contributed by atoms with Crippen molar-refractivity contribution in [2.24, 2.45) is 0 Å². The maximum absolute atomic E-state index is 12.3. The van der Waals surface area contributed by atoms with Crippen molar-refractivity contribution in [3.05, 3.63) is 46.2 Å². The van der Waals surface area contributed by atoms with Gasteiger partial charge in [0, 0.05) is 5.02 Å². The number of aromatic nitrogens is 2. The van der Waals surface area contributed by atoms with Gasteiger partial charge in [0.05, 0.1) is 17.4 Å². The Morgan fingerprint density at radius 1 is 1.38 bits per heavy atom. The Bertz CT molecular complexity index is 651. The number of rotatable bonds is 4. The fraction of sp³-hybridized carbons (Fsp3) is 0.333. The van der Waals surface area contributed by atoms with Crippen LogP contribution in [-0.4, -0.2) is 16.1 Å². The molecule has 0 aliphatic carbocycles. The number of hydrogen-bond donors (Lipinski definition) is 3. The Balaban J connectivity index is 2.15. The number of halogens is 1. The molecule has 0 fully saturated rings. The van der Waals surface area contributed by atoms with E-state index in [1.54, 1.807) is 6.07 Å². The molecule has 1 aromatic carbocycles. The summed E-state index contributed by atoms with van der Waals surface area (Å²) in [7, 11) is 0. The van der Waals surface area contributed by atoms with E-state index in [1.165, 1.54) is 0 Å². The van der Waals surface area contributed by atoms with E-state index in [4.69, 9.17) is 17.3 Å². The van der Waals surface area contributed by atoms with Gasteiger partial charge in [-0.1, -0.05) is 37.6 Å². The topological polar surface area (TPSA) is 83.8 Å². The summed E-state index contributed by atoms with van der Waals surface area (Å²) in [4.78, 5) is 12.3. The summed E-state index contributed by atoms with van der Waals surface area (Å²) in [6.45, 7) is 5.86. The van der Waals surface area contributed by atoms with Gasteiger partial charge in [-0.05, 0) is 30.5 Å². The van der Waals surface area contributed by atoms with E-state index in [-0.39, 0.29) is 23.6 Å². The predicted molar refractivity (Wildman–Crippen MR) is 84.4 cm³/mol. The SMILES string of the molecule is CC(C)c1[nH]nc(C(=O)NC(C)c2cccc(Cl)c2)c1N. The Hall–Kier alpha value is -2.01. The number of nitrogens with one attached hydrogen (secondary N) is 2. The second-order valence-corrected chi connectivity index (χ2v) is 5.74. The molecule has 0 radical (unpaired) electrons. The summed E-state index contributed by atoms with van der Waals surface area (Å²) in [5.41, 5.74) is 8.30. The van der Waals surface area contributed by atoms with Gasteiger partial charge in [0.1, 0.15) is 0 Å². The van der Waals surface area contributed by atoms with Crippen LogP contribution in [0.1, 0.15) is 54.5 Å². The summed E-state index contributed by atoms with van der Waals surface area (Å²) >= 11 is 5.96. The molecule has 6 heteroatoms. The molecule has 2 aromatic rings. The van der Waals surface area contributed by atoms with Gasteiger partial charge >= 0.3 is 0 Å². The highest BCUT2D eigenvalue weighted by Gasteiger charge is 2.20. The third-order valence-corrected chi connectivity index (χ3v) is 3.56. The molecule has 1 aromatic heterocycles. The van der Waals surface area contributed by atoms with E-state index in [1.807, 2.05) is 39.0 Å². The van der Waals surface area contributed by atoms with Crippen LogP contribution in [0.2, 0.25) is 5.02 Å². The minimum absolute atomic E-state index is 0.185. The number of amides is 1. The molecule has 0 aliphatic heterocycles. The van der Waals surface area contributed by atoms with E-state index in [0.29, 0.717) is 10.7 Å². The van der Waals surface area contributed by atoms with Crippen LogP contribution in [0, 0.1) is 0 Å². The number of anilines is 1. The van der Waals surface area contributed by atoms with Crippen molar-refractivity contribution < 1.29 is 4.79 Å². The predicted octanol–water partition coefficient (Wildman–Crippen LogP) is 3.26. The number of benzene rings is 1. The van der Waals surface area contributed by atoms with Crippen LogP contribution in [0.3, 0.4) is 0 Å². The zero-order valence-corrected chi connectivity index (χ0v) is 13.0. The summed E-state index contributed by atoms with van der Waals surface area (Å²) in [6.07, 6.45) is 0. The number of H-pyrrole nitrogens is 1. The standard InChI is InChI=1S/C15H19ClN4O/c1-8(2)13-12(17)14(20-19-13)15(21)18-9(3)10-5-4-6-11(16)7-10/h4-9H,17H2,1-3H3,(H,18,21)(H,19,20). The quantitative estimate of drug-likeness (QED) is 0.810. The van der Waals surface area contributed by atoms with Crippen molar-refractivity contribution in [3.8, 4) is 0 Å². The number of carbonyl (C=O) groups is 1. The van der Waals surface area contributed by atoms with Gasteiger partial charge in [0.15, 0.2) is 5.69 Å². The van der Waals surface area contributed by atoms with Crippen LogP contribution in [0.5, 0.6) is 0 Å². The van der Waals surface area contributed by atoms with Crippen molar-refractivity contribution >= 4 is 23.2 Å². The summed E-state index contributed by atoms with van der Waals surface area (Å²) in [5.74, 6) is -0.118. The van der Waals surface area contributed by atoms with E-state index >= 15 is 0 Å². The molecule has 0 aliphatic rings. The molecule has 0 saturated heterocycles. The molecule has 21 heavy (non-hydrogen) atoms. The van der Waals surface area contributed by atoms with Gasteiger partial charge in [-0.15, -0.1) is 0 Å².